The maximum absolute atomic E-state index is 9.88. The molecule has 11 heavy (non-hydrogen) atoms. The van der Waals surface area contributed by atoms with Crippen LogP contribution in [0.3, 0.4) is 0 Å². The summed E-state index contributed by atoms with van der Waals surface area (Å²) in [5.74, 6) is 0. The van der Waals surface area contributed by atoms with E-state index in [4.69, 9.17) is 0 Å². The van der Waals surface area contributed by atoms with Crippen LogP contribution in [0.4, 0.5) is 0 Å². The van der Waals surface area contributed by atoms with Gasteiger partial charge in [0.05, 0.1) is 6.54 Å². The first-order valence-corrected chi connectivity index (χ1v) is 3.42. The second-order valence-electron chi connectivity index (χ2n) is 2.07. The van der Waals surface area contributed by atoms with Crippen LogP contribution in [0.5, 0.6) is 0 Å². The Balaban J connectivity index is 2.57. The van der Waals surface area contributed by atoms with E-state index in [9.17, 15) is 4.79 Å². The summed E-state index contributed by atoms with van der Waals surface area (Å²) in [6.07, 6.45) is 2.47. The van der Waals surface area contributed by atoms with Crippen LogP contribution in [0, 0.1) is 0 Å². The van der Waals surface area contributed by atoms with Crippen molar-refractivity contribution in [3.05, 3.63) is 35.9 Å². The van der Waals surface area contributed by atoms with Gasteiger partial charge in [-0.25, -0.2) is 0 Å². The Kier molecular flexibility index (Phi) is 3.06. The first kappa shape index (κ1) is 7.66. The van der Waals surface area contributed by atoms with Crippen molar-refractivity contribution in [1.29, 1.82) is 0 Å². The van der Waals surface area contributed by atoms with Crippen molar-refractivity contribution in [2.75, 3.05) is 6.54 Å². The van der Waals surface area contributed by atoms with E-state index in [-0.39, 0.29) is 6.54 Å². The maximum Gasteiger partial charge on any atom is 0.141 e. The maximum atomic E-state index is 9.88. The molecule has 2 heteroatoms. The standard InChI is InChI=1S/C9H9NO/c11-7-6-10-8-9-4-2-1-3-5-9/h1-5,7-8H,6H2. The normalized spacial score (nSPS) is 10.2. The lowest BCUT2D eigenvalue weighted by Crippen LogP contribution is -1.83. The number of benzene rings is 1. The molecule has 0 atom stereocenters. The summed E-state index contributed by atoms with van der Waals surface area (Å²) in [4.78, 5) is 13.7. The summed E-state index contributed by atoms with van der Waals surface area (Å²) in [6.45, 7) is 0.245. The van der Waals surface area contributed by atoms with Crippen molar-refractivity contribution in [1.82, 2.24) is 0 Å². The molecule has 0 saturated carbocycles. The zero-order valence-corrected chi connectivity index (χ0v) is 6.10. The van der Waals surface area contributed by atoms with Gasteiger partial charge in [-0.05, 0) is 5.56 Å². The fourth-order valence-electron chi connectivity index (χ4n) is 0.740. The van der Waals surface area contributed by atoms with Crippen molar-refractivity contribution < 1.29 is 4.79 Å². The number of aliphatic imine (C=N–C) groups is 1. The molecular formula is C9H9NO. The van der Waals surface area contributed by atoms with Crippen LogP contribution in [-0.4, -0.2) is 19.0 Å². The summed E-state index contributed by atoms with van der Waals surface area (Å²) in [5.41, 5.74) is 1.02. The molecular weight excluding hydrogens is 138 g/mol. The summed E-state index contributed by atoms with van der Waals surface area (Å²) < 4.78 is 0. The molecule has 0 fully saturated rings. The lowest BCUT2D eigenvalue weighted by molar-refractivity contribution is -0.106. The minimum atomic E-state index is 0.245. The van der Waals surface area contributed by atoms with Crippen molar-refractivity contribution in [2.24, 2.45) is 4.99 Å². The summed E-state index contributed by atoms with van der Waals surface area (Å²) in [6, 6.07) is 9.68. The van der Waals surface area contributed by atoms with Gasteiger partial charge in [0.2, 0.25) is 0 Å². The fraction of sp³-hybridized carbons (Fsp3) is 0.111. The van der Waals surface area contributed by atoms with Crippen LogP contribution in [-0.2, 0) is 4.79 Å². The molecule has 2 nitrogen and oxygen atoms in total. The monoisotopic (exact) mass is 147 g/mol. The van der Waals surface area contributed by atoms with E-state index in [2.05, 4.69) is 4.99 Å². The number of hydrogen-bond donors (Lipinski definition) is 0. The average molecular weight is 147 g/mol. The van der Waals surface area contributed by atoms with Crippen molar-refractivity contribution in [3.63, 3.8) is 0 Å². The number of carbonyl (C=O) groups is 1. The zero-order valence-electron chi connectivity index (χ0n) is 6.10. The van der Waals surface area contributed by atoms with E-state index >= 15 is 0 Å². The highest BCUT2D eigenvalue weighted by atomic mass is 16.1. The topological polar surface area (TPSA) is 29.4 Å². The molecule has 0 amide bonds. The molecule has 1 rings (SSSR count). The molecule has 0 aromatic heterocycles. The summed E-state index contributed by atoms with van der Waals surface area (Å²) >= 11 is 0. The van der Waals surface area contributed by atoms with Gasteiger partial charge in [0.15, 0.2) is 0 Å². The van der Waals surface area contributed by atoms with E-state index < -0.39 is 0 Å². The van der Waals surface area contributed by atoms with Gasteiger partial charge < -0.3 is 4.79 Å². The third-order valence-electron chi connectivity index (χ3n) is 1.22. The van der Waals surface area contributed by atoms with Gasteiger partial charge in [-0.2, -0.15) is 0 Å². The number of carbonyl (C=O) groups excluding carboxylic acids is 1. The van der Waals surface area contributed by atoms with Gasteiger partial charge in [0, 0.05) is 6.21 Å². The van der Waals surface area contributed by atoms with E-state index in [1.165, 1.54) is 0 Å². The number of aldehydes is 1. The number of rotatable bonds is 3. The number of nitrogens with zero attached hydrogens (tertiary/aromatic N) is 1. The van der Waals surface area contributed by atoms with Gasteiger partial charge >= 0.3 is 0 Å². The SMILES string of the molecule is O=CCN=Cc1ccccc1. The summed E-state index contributed by atoms with van der Waals surface area (Å²) in [5, 5.41) is 0. The quantitative estimate of drug-likeness (QED) is 0.468. The highest BCUT2D eigenvalue weighted by molar-refractivity contribution is 5.80. The van der Waals surface area contributed by atoms with Gasteiger partial charge in [-0.15, -0.1) is 0 Å². The van der Waals surface area contributed by atoms with Gasteiger partial charge in [-0.1, -0.05) is 30.3 Å². The van der Waals surface area contributed by atoms with E-state index in [1.54, 1.807) is 6.21 Å². The third-order valence-corrected chi connectivity index (χ3v) is 1.22. The largest absolute Gasteiger partial charge is 0.301 e. The predicted molar refractivity (Wildman–Crippen MR) is 45.0 cm³/mol. The van der Waals surface area contributed by atoms with Crippen LogP contribution < -0.4 is 0 Å². The third kappa shape index (κ3) is 2.76. The van der Waals surface area contributed by atoms with Crippen molar-refractivity contribution in [2.45, 2.75) is 0 Å². The molecule has 0 unspecified atom stereocenters. The van der Waals surface area contributed by atoms with Crippen LogP contribution in [0.25, 0.3) is 0 Å². The Bertz CT molecular complexity index is 241. The van der Waals surface area contributed by atoms with Crippen molar-refractivity contribution >= 4 is 12.5 Å². The number of hydrogen-bond acceptors (Lipinski definition) is 2. The minimum absolute atomic E-state index is 0.245. The van der Waals surface area contributed by atoms with Crippen LogP contribution in [0.15, 0.2) is 35.3 Å². The minimum Gasteiger partial charge on any atom is -0.301 e. The molecule has 0 aliphatic rings. The van der Waals surface area contributed by atoms with Gasteiger partial charge in [0.25, 0.3) is 0 Å². The average Bonchev–Trinajstić information content (AvgIpc) is 2.07. The second kappa shape index (κ2) is 4.39. The molecule has 0 bridgehead atoms. The molecule has 0 radical (unpaired) electrons. The van der Waals surface area contributed by atoms with Gasteiger partial charge in [0.1, 0.15) is 6.29 Å². The molecule has 0 N–H and O–H groups in total. The first-order chi connectivity index (χ1) is 5.43. The molecule has 1 aromatic rings. The van der Waals surface area contributed by atoms with Gasteiger partial charge in [-0.3, -0.25) is 4.99 Å². The predicted octanol–water partition coefficient (Wildman–Crippen LogP) is 1.30. The fourth-order valence-corrected chi connectivity index (χ4v) is 0.740. The zero-order chi connectivity index (χ0) is 7.94. The van der Waals surface area contributed by atoms with Crippen LogP contribution in [0.1, 0.15) is 5.56 Å². The Labute approximate surface area is 65.6 Å². The van der Waals surface area contributed by atoms with E-state index in [0.29, 0.717) is 0 Å². The molecule has 1 aromatic carbocycles. The molecule has 0 heterocycles. The highest BCUT2D eigenvalue weighted by Gasteiger charge is 1.81. The Morgan fingerprint density at radius 1 is 1.27 bits per heavy atom. The summed E-state index contributed by atoms with van der Waals surface area (Å²) in [7, 11) is 0. The Morgan fingerprint density at radius 2 is 2.00 bits per heavy atom. The van der Waals surface area contributed by atoms with Crippen LogP contribution >= 0.6 is 0 Å². The first-order valence-electron chi connectivity index (χ1n) is 3.42. The second-order valence-corrected chi connectivity index (χ2v) is 2.07. The Morgan fingerprint density at radius 3 is 2.64 bits per heavy atom. The van der Waals surface area contributed by atoms with Crippen molar-refractivity contribution in [3.8, 4) is 0 Å². The molecule has 0 aliphatic carbocycles. The molecule has 0 spiro atoms. The lowest BCUT2D eigenvalue weighted by Gasteiger charge is -1.87. The Hall–Kier alpha value is -1.44. The highest BCUT2D eigenvalue weighted by Crippen LogP contribution is 1.93. The molecule has 56 valence electrons. The lowest BCUT2D eigenvalue weighted by atomic mass is 10.2. The van der Waals surface area contributed by atoms with E-state index in [1.807, 2.05) is 30.3 Å². The molecule has 0 saturated heterocycles. The van der Waals surface area contributed by atoms with Crippen LogP contribution in [0.2, 0.25) is 0 Å². The smallest absolute Gasteiger partial charge is 0.141 e. The molecule has 0 aliphatic heterocycles. The van der Waals surface area contributed by atoms with E-state index in [0.717, 1.165) is 11.8 Å².